The lowest BCUT2D eigenvalue weighted by Crippen LogP contribution is -2.41. The molecule has 7 nitrogen and oxygen atoms in total. The Morgan fingerprint density at radius 1 is 1.39 bits per heavy atom. The molecule has 0 unspecified atom stereocenters. The maximum atomic E-state index is 11.9. The summed E-state index contributed by atoms with van der Waals surface area (Å²) in [6.45, 7) is 5.11. The molecule has 18 heavy (non-hydrogen) atoms. The van der Waals surface area contributed by atoms with Crippen molar-refractivity contribution in [3.63, 3.8) is 0 Å². The fourth-order valence-corrected chi connectivity index (χ4v) is 1.60. The normalized spacial score (nSPS) is 10.2. The zero-order valence-corrected chi connectivity index (χ0v) is 10.9. The van der Waals surface area contributed by atoms with Gasteiger partial charge in [0, 0.05) is 26.2 Å². The SMILES string of the molecule is CCN(CC)C(=O)CN(C)C(=O)c1cc(N)n[nH]1. The van der Waals surface area contributed by atoms with Gasteiger partial charge in [0.15, 0.2) is 0 Å². The van der Waals surface area contributed by atoms with Crippen molar-refractivity contribution in [3.8, 4) is 0 Å². The molecule has 0 fully saturated rings. The van der Waals surface area contributed by atoms with Crippen molar-refractivity contribution in [3.05, 3.63) is 11.8 Å². The van der Waals surface area contributed by atoms with Crippen LogP contribution in [0.2, 0.25) is 0 Å². The predicted octanol–water partition coefficient (Wildman–Crippen LogP) is -0.0677. The molecule has 0 atom stereocenters. The van der Waals surface area contributed by atoms with Gasteiger partial charge in [0.2, 0.25) is 5.91 Å². The van der Waals surface area contributed by atoms with Gasteiger partial charge >= 0.3 is 0 Å². The molecule has 0 aromatic carbocycles. The van der Waals surface area contributed by atoms with E-state index >= 15 is 0 Å². The monoisotopic (exact) mass is 253 g/mol. The highest BCUT2D eigenvalue weighted by Gasteiger charge is 2.19. The third kappa shape index (κ3) is 3.22. The number of hydrogen-bond acceptors (Lipinski definition) is 4. The molecule has 3 N–H and O–H groups in total. The van der Waals surface area contributed by atoms with E-state index in [1.54, 1.807) is 11.9 Å². The number of amides is 2. The third-order valence-electron chi connectivity index (χ3n) is 2.66. The quantitative estimate of drug-likeness (QED) is 0.768. The van der Waals surface area contributed by atoms with Crippen LogP contribution >= 0.6 is 0 Å². The van der Waals surface area contributed by atoms with Crippen LogP contribution in [0.4, 0.5) is 5.82 Å². The molecule has 1 aromatic heterocycles. The van der Waals surface area contributed by atoms with Crippen molar-refractivity contribution >= 4 is 17.6 Å². The van der Waals surface area contributed by atoms with E-state index in [0.29, 0.717) is 13.1 Å². The highest BCUT2D eigenvalue weighted by molar-refractivity contribution is 5.95. The van der Waals surface area contributed by atoms with E-state index in [0.717, 1.165) is 0 Å². The first-order chi connectivity index (χ1) is 8.49. The zero-order chi connectivity index (χ0) is 13.7. The Morgan fingerprint density at radius 3 is 2.44 bits per heavy atom. The topological polar surface area (TPSA) is 95.3 Å². The Bertz CT molecular complexity index is 425. The Labute approximate surface area is 106 Å². The molecule has 1 aromatic rings. The maximum Gasteiger partial charge on any atom is 0.272 e. The first-order valence-corrected chi connectivity index (χ1v) is 5.83. The summed E-state index contributed by atoms with van der Waals surface area (Å²) in [6, 6.07) is 1.45. The number of anilines is 1. The van der Waals surface area contributed by atoms with Gasteiger partial charge < -0.3 is 15.5 Å². The van der Waals surface area contributed by atoms with E-state index in [-0.39, 0.29) is 29.9 Å². The van der Waals surface area contributed by atoms with Gasteiger partial charge in [-0.25, -0.2) is 0 Å². The van der Waals surface area contributed by atoms with Crippen LogP contribution < -0.4 is 5.73 Å². The summed E-state index contributed by atoms with van der Waals surface area (Å²) in [5, 5.41) is 6.20. The van der Waals surface area contributed by atoms with Gasteiger partial charge in [-0.15, -0.1) is 0 Å². The number of nitrogens with zero attached hydrogens (tertiary/aromatic N) is 3. The summed E-state index contributed by atoms with van der Waals surface area (Å²) >= 11 is 0. The van der Waals surface area contributed by atoms with Crippen molar-refractivity contribution in [1.82, 2.24) is 20.0 Å². The molecule has 1 heterocycles. The molecule has 0 aliphatic heterocycles. The summed E-state index contributed by atoms with van der Waals surface area (Å²) in [4.78, 5) is 26.8. The standard InChI is InChI=1S/C11H19N5O2/c1-4-16(5-2)10(17)7-15(3)11(18)8-6-9(12)14-13-8/h6H,4-5,7H2,1-3H3,(H3,12,13,14). The highest BCUT2D eigenvalue weighted by Crippen LogP contribution is 2.04. The van der Waals surface area contributed by atoms with Gasteiger partial charge in [-0.3, -0.25) is 14.7 Å². The number of nitrogens with one attached hydrogen (secondary N) is 1. The smallest absolute Gasteiger partial charge is 0.272 e. The molecule has 1 rings (SSSR count). The number of hydrogen-bond donors (Lipinski definition) is 2. The summed E-state index contributed by atoms with van der Waals surface area (Å²) in [5.74, 6) is -0.134. The number of nitrogens with two attached hydrogens (primary N) is 1. The van der Waals surface area contributed by atoms with Crippen LogP contribution in [-0.2, 0) is 4.79 Å². The lowest BCUT2D eigenvalue weighted by atomic mass is 10.3. The molecule has 0 spiro atoms. The largest absolute Gasteiger partial charge is 0.382 e. The van der Waals surface area contributed by atoms with Crippen LogP contribution in [0, 0.1) is 0 Å². The van der Waals surface area contributed by atoms with Gasteiger partial charge in [-0.1, -0.05) is 0 Å². The van der Waals surface area contributed by atoms with Gasteiger partial charge in [-0.05, 0) is 13.8 Å². The first-order valence-electron chi connectivity index (χ1n) is 5.83. The van der Waals surface area contributed by atoms with Gasteiger partial charge in [-0.2, -0.15) is 5.10 Å². The van der Waals surface area contributed by atoms with E-state index in [9.17, 15) is 9.59 Å². The molecule has 7 heteroatoms. The molecule has 0 aliphatic rings. The summed E-state index contributed by atoms with van der Waals surface area (Å²) < 4.78 is 0. The fraction of sp³-hybridized carbons (Fsp3) is 0.545. The Hall–Kier alpha value is -2.05. The zero-order valence-electron chi connectivity index (χ0n) is 10.9. The minimum atomic E-state index is -0.306. The van der Waals surface area contributed by atoms with Crippen molar-refractivity contribution in [2.45, 2.75) is 13.8 Å². The van der Waals surface area contributed by atoms with Crippen molar-refractivity contribution < 1.29 is 9.59 Å². The second-order valence-corrected chi connectivity index (χ2v) is 3.93. The molecular weight excluding hydrogens is 234 g/mol. The average molecular weight is 253 g/mol. The average Bonchev–Trinajstić information content (AvgIpc) is 2.76. The number of H-pyrrole nitrogens is 1. The van der Waals surface area contributed by atoms with Crippen LogP contribution in [0.25, 0.3) is 0 Å². The molecule has 100 valence electrons. The number of aromatic amines is 1. The highest BCUT2D eigenvalue weighted by atomic mass is 16.2. The number of carbonyl (C=O) groups is 2. The van der Waals surface area contributed by atoms with E-state index in [1.165, 1.54) is 11.0 Å². The van der Waals surface area contributed by atoms with E-state index in [1.807, 2.05) is 13.8 Å². The van der Waals surface area contributed by atoms with Crippen LogP contribution in [-0.4, -0.2) is 58.5 Å². The molecule has 0 radical (unpaired) electrons. The van der Waals surface area contributed by atoms with Gasteiger partial charge in [0.25, 0.3) is 5.91 Å². The van der Waals surface area contributed by atoms with Crippen molar-refractivity contribution in [2.75, 3.05) is 32.4 Å². The molecule has 0 bridgehead atoms. The molecule has 2 amide bonds. The van der Waals surface area contributed by atoms with E-state index in [4.69, 9.17) is 5.73 Å². The van der Waals surface area contributed by atoms with E-state index < -0.39 is 0 Å². The lowest BCUT2D eigenvalue weighted by Gasteiger charge is -2.22. The summed E-state index contributed by atoms with van der Waals surface area (Å²) in [6.07, 6.45) is 0. The van der Waals surface area contributed by atoms with Gasteiger partial charge in [0.05, 0.1) is 6.54 Å². The third-order valence-corrected chi connectivity index (χ3v) is 2.66. The van der Waals surface area contributed by atoms with E-state index in [2.05, 4.69) is 10.2 Å². The molecular formula is C11H19N5O2. The number of likely N-dealkylation sites (N-methyl/N-ethyl adjacent to an activating group) is 2. The number of nitrogen functional groups attached to an aromatic ring is 1. The second-order valence-electron chi connectivity index (χ2n) is 3.93. The van der Waals surface area contributed by atoms with Crippen LogP contribution in [0.1, 0.15) is 24.3 Å². The second kappa shape index (κ2) is 6.04. The Kier molecular flexibility index (Phi) is 4.70. The van der Waals surface area contributed by atoms with Gasteiger partial charge in [0.1, 0.15) is 11.5 Å². The van der Waals surface area contributed by atoms with Crippen LogP contribution in [0.3, 0.4) is 0 Å². The summed E-state index contributed by atoms with van der Waals surface area (Å²) in [5.41, 5.74) is 5.70. The molecule has 0 saturated heterocycles. The van der Waals surface area contributed by atoms with Crippen molar-refractivity contribution in [2.24, 2.45) is 0 Å². The Morgan fingerprint density at radius 2 is 2.00 bits per heavy atom. The number of carbonyl (C=O) groups excluding carboxylic acids is 2. The van der Waals surface area contributed by atoms with Crippen LogP contribution in [0.5, 0.6) is 0 Å². The predicted molar refractivity (Wildman–Crippen MR) is 67.9 cm³/mol. The van der Waals surface area contributed by atoms with Crippen molar-refractivity contribution in [1.29, 1.82) is 0 Å². The molecule has 0 saturated carbocycles. The number of rotatable bonds is 5. The number of aromatic nitrogens is 2. The fourth-order valence-electron chi connectivity index (χ4n) is 1.60. The molecule has 0 aliphatic carbocycles. The first kappa shape index (κ1) is 14.0. The van der Waals surface area contributed by atoms with Crippen LogP contribution in [0.15, 0.2) is 6.07 Å². The minimum Gasteiger partial charge on any atom is -0.382 e. The summed E-state index contributed by atoms with van der Waals surface area (Å²) in [7, 11) is 1.57. The lowest BCUT2D eigenvalue weighted by molar-refractivity contribution is -0.131. The maximum absolute atomic E-state index is 11.9. The Balaban J connectivity index is 2.63. The minimum absolute atomic E-state index is 0.0411.